The third kappa shape index (κ3) is 5.11. The molecule has 0 bridgehead atoms. The average Bonchev–Trinajstić information content (AvgIpc) is 3.31. The lowest BCUT2D eigenvalue weighted by Gasteiger charge is -2.32. The van der Waals surface area contributed by atoms with Gasteiger partial charge in [0.05, 0.1) is 16.6 Å². The minimum atomic E-state index is -1.05. The molecule has 0 aliphatic carbocycles. The number of anilines is 2. The molecule has 0 unspecified atom stereocenters. The second kappa shape index (κ2) is 10.3. The van der Waals surface area contributed by atoms with Gasteiger partial charge in [0.25, 0.3) is 11.6 Å². The Morgan fingerprint density at radius 3 is 2.37 bits per heavy atom. The molecule has 1 heterocycles. The number of benzene rings is 3. The number of nitrogens with one attached hydrogen (secondary N) is 1. The zero-order valence-electron chi connectivity index (χ0n) is 19.6. The van der Waals surface area contributed by atoms with Crippen molar-refractivity contribution in [1.29, 1.82) is 0 Å². The molecule has 180 valence electrons. The molecule has 0 saturated carbocycles. The number of ether oxygens (including phenoxy) is 2. The van der Waals surface area contributed by atoms with Crippen LogP contribution in [0, 0.1) is 10.1 Å². The summed E-state index contributed by atoms with van der Waals surface area (Å²) in [5.74, 6) is 0.565. The van der Waals surface area contributed by atoms with E-state index in [0.717, 1.165) is 11.3 Å². The Labute approximate surface area is 203 Å². The van der Waals surface area contributed by atoms with E-state index in [-0.39, 0.29) is 30.3 Å². The van der Waals surface area contributed by atoms with Crippen LogP contribution in [0.15, 0.2) is 79.4 Å². The Bertz CT molecular complexity index is 1230. The summed E-state index contributed by atoms with van der Waals surface area (Å²) in [4.78, 5) is 27.1. The zero-order chi connectivity index (χ0) is 24.9. The first-order valence-electron chi connectivity index (χ1n) is 11.3. The first kappa shape index (κ1) is 23.8. The summed E-state index contributed by atoms with van der Waals surface area (Å²) < 4.78 is 10.8. The molecule has 0 spiro atoms. The van der Waals surface area contributed by atoms with Gasteiger partial charge in [-0.05, 0) is 41.8 Å². The summed E-state index contributed by atoms with van der Waals surface area (Å²) in [6.07, 6.45) is 1.66. The van der Waals surface area contributed by atoms with Gasteiger partial charge in [-0.3, -0.25) is 14.9 Å². The molecule has 0 aromatic heterocycles. The van der Waals surface area contributed by atoms with E-state index in [1.165, 1.54) is 12.1 Å². The van der Waals surface area contributed by atoms with Crippen molar-refractivity contribution in [2.24, 2.45) is 0 Å². The Hall–Kier alpha value is -4.33. The van der Waals surface area contributed by atoms with Gasteiger partial charge in [-0.25, -0.2) is 0 Å². The lowest BCUT2D eigenvalue weighted by molar-refractivity contribution is -0.385. The minimum absolute atomic E-state index is 0.0376. The fourth-order valence-corrected chi connectivity index (χ4v) is 4.06. The quantitative estimate of drug-likeness (QED) is 0.239. The van der Waals surface area contributed by atoms with Crippen LogP contribution in [0.1, 0.15) is 36.9 Å². The van der Waals surface area contributed by atoms with E-state index < -0.39 is 16.9 Å². The predicted molar refractivity (Wildman–Crippen MR) is 135 cm³/mol. The van der Waals surface area contributed by atoms with Crippen LogP contribution in [0.3, 0.4) is 0 Å². The molecule has 8 heteroatoms. The molecule has 8 nitrogen and oxygen atoms in total. The number of rotatable bonds is 9. The van der Waals surface area contributed by atoms with Gasteiger partial charge in [0.1, 0.15) is 6.04 Å². The molecule has 1 aliphatic rings. The summed E-state index contributed by atoms with van der Waals surface area (Å²) in [5, 5.41) is 15.0. The zero-order valence-corrected chi connectivity index (χ0v) is 19.6. The van der Waals surface area contributed by atoms with E-state index in [1.807, 2.05) is 54.6 Å². The van der Waals surface area contributed by atoms with Crippen LogP contribution in [-0.2, 0) is 4.79 Å². The topological polar surface area (TPSA) is 93.9 Å². The molecule has 1 aliphatic heterocycles. The fraction of sp³-hybridized carbons (Fsp3) is 0.222. The van der Waals surface area contributed by atoms with Crippen LogP contribution >= 0.6 is 0 Å². The predicted octanol–water partition coefficient (Wildman–Crippen LogP) is 5.82. The summed E-state index contributed by atoms with van der Waals surface area (Å²) in [6, 6.07) is 18.6. The molecular formula is C27H27N3O5. The third-order valence-corrected chi connectivity index (χ3v) is 5.83. The van der Waals surface area contributed by atoms with Crippen molar-refractivity contribution in [3.05, 3.63) is 101 Å². The number of fused-ring (bicyclic) bond motifs is 1. The van der Waals surface area contributed by atoms with Crippen molar-refractivity contribution >= 4 is 23.0 Å². The van der Waals surface area contributed by atoms with Crippen LogP contribution in [-0.4, -0.2) is 24.2 Å². The molecule has 4 rings (SSSR count). The Balaban J connectivity index is 1.82. The van der Waals surface area contributed by atoms with Crippen molar-refractivity contribution in [3.63, 3.8) is 0 Å². The molecule has 1 atom stereocenters. The standard InChI is InChI=1S/C27H27N3O5/c1-4-14-29(21-8-6-5-7-9-21)26(27(31)28-20-12-10-19(11-13-20)18(2)3)22-15-24-25(35-17-34-24)16-23(22)30(32)33/h4-13,15-16,18,26H,1,14,17H2,2-3H3,(H,28,31)/t26-/m1/s1. The van der Waals surface area contributed by atoms with E-state index in [2.05, 4.69) is 25.7 Å². The highest BCUT2D eigenvalue weighted by molar-refractivity contribution is 5.98. The van der Waals surface area contributed by atoms with Crippen molar-refractivity contribution in [1.82, 2.24) is 0 Å². The van der Waals surface area contributed by atoms with Crippen molar-refractivity contribution in [3.8, 4) is 11.5 Å². The molecular weight excluding hydrogens is 446 g/mol. The maximum atomic E-state index is 13.8. The van der Waals surface area contributed by atoms with Crippen LogP contribution < -0.4 is 19.7 Å². The number of carbonyl (C=O) groups excluding carboxylic acids is 1. The van der Waals surface area contributed by atoms with Gasteiger partial charge in [0.2, 0.25) is 6.79 Å². The number of nitro groups is 1. The highest BCUT2D eigenvalue weighted by Crippen LogP contribution is 2.42. The van der Waals surface area contributed by atoms with Gasteiger partial charge in [-0.15, -0.1) is 6.58 Å². The van der Waals surface area contributed by atoms with E-state index in [1.54, 1.807) is 11.0 Å². The van der Waals surface area contributed by atoms with Gasteiger partial charge < -0.3 is 19.7 Å². The van der Waals surface area contributed by atoms with Crippen LogP contribution in [0.5, 0.6) is 11.5 Å². The van der Waals surface area contributed by atoms with Gasteiger partial charge in [-0.1, -0.05) is 50.3 Å². The van der Waals surface area contributed by atoms with E-state index >= 15 is 0 Å². The second-order valence-electron chi connectivity index (χ2n) is 8.47. The van der Waals surface area contributed by atoms with Crippen molar-refractivity contribution < 1.29 is 19.2 Å². The molecule has 1 N–H and O–H groups in total. The fourth-order valence-electron chi connectivity index (χ4n) is 4.06. The normalized spacial score (nSPS) is 12.8. The number of hydrogen-bond donors (Lipinski definition) is 1. The smallest absolute Gasteiger partial charge is 0.279 e. The van der Waals surface area contributed by atoms with Crippen molar-refractivity contribution in [2.75, 3.05) is 23.6 Å². The molecule has 0 saturated heterocycles. The third-order valence-electron chi connectivity index (χ3n) is 5.83. The summed E-state index contributed by atoms with van der Waals surface area (Å²) >= 11 is 0. The van der Waals surface area contributed by atoms with Crippen molar-refractivity contribution in [2.45, 2.75) is 25.8 Å². The maximum absolute atomic E-state index is 13.8. The number of hydrogen-bond acceptors (Lipinski definition) is 6. The van der Waals surface area contributed by atoms with Crippen LogP contribution in [0.2, 0.25) is 0 Å². The first-order chi connectivity index (χ1) is 16.9. The van der Waals surface area contributed by atoms with E-state index in [9.17, 15) is 14.9 Å². The molecule has 35 heavy (non-hydrogen) atoms. The van der Waals surface area contributed by atoms with Crippen LogP contribution in [0.25, 0.3) is 0 Å². The SMILES string of the molecule is C=CCN(c1ccccc1)[C@@H](C(=O)Nc1ccc(C(C)C)cc1)c1cc2c(cc1[N+](=O)[O-])OCO2. The molecule has 3 aromatic rings. The number of para-hydroxylation sites is 1. The van der Waals surface area contributed by atoms with Gasteiger partial charge >= 0.3 is 0 Å². The Morgan fingerprint density at radius 1 is 1.11 bits per heavy atom. The Morgan fingerprint density at radius 2 is 1.77 bits per heavy atom. The monoisotopic (exact) mass is 473 g/mol. The number of amides is 1. The second-order valence-corrected chi connectivity index (χ2v) is 8.47. The average molecular weight is 474 g/mol. The summed E-state index contributed by atoms with van der Waals surface area (Å²) in [5.41, 5.74) is 2.42. The van der Waals surface area contributed by atoms with Gasteiger partial charge in [0.15, 0.2) is 11.5 Å². The number of carbonyl (C=O) groups is 1. The molecule has 0 radical (unpaired) electrons. The summed E-state index contributed by atoms with van der Waals surface area (Å²) in [7, 11) is 0. The summed E-state index contributed by atoms with van der Waals surface area (Å²) in [6.45, 7) is 8.26. The highest BCUT2D eigenvalue weighted by Gasteiger charge is 2.36. The first-order valence-corrected chi connectivity index (χ1v) is 11.3. The molecule has 1 amide bonds. The van der Waals surface area contributed by atoms with E-state index in [0.29, 0.717) is 17.4 Å². The minimum Gasteiger partial charge on any atom is -0.454 e. The van der Waals surface area contributed by atoms with E-state index in [4.69, 9.17) is 9.47 Å². The Kier molecular flexibility index (Phi) is 7.01. The lowest BCUT2D eigenvalue weighted by Crippen LogP contribution is -2.38. The number of nitrogens with zero attached hydrogens (tertiary/aromatic N) is 2. The van der Waals surface area contributed by atoms with Crippen LogP contribution in [0.4, 0.5) is 17.1 Å². The maximum Gasteiger partial charge on any atom is 0.279 e. The van der Waals surface area contributed by atoms with Gasteiger partial charge in [0, 0.05) is 17.9 Å². The number of nitro benzene ring substituents is 1. The largest absolute Gasteiger partial charge is 0.454 e. The lowest BCUT2D eigenvalue weighted by atomic mass is 9.99. The highest BCUT2D eigenvalue weighted by atomic mass is 16.7. The molecule has 3 aromatic carbocycles. The van der Waals surface area contributed by atoms with Gasteiger partial charge in [-0.2, -0.15) is 0 Å². The molecule has 0 fully saturated rings.